The van der Waals surface area contributed by atoms with Crippen LogP contribution in [0, 0.1) is 0 Å². The summed E-state index contributed by atoms with van der Waals surface area (Å²) in [7, 11) is 1.71. The molecule has 0 radical (unpaired) electrons. The molecule has 2 aromatic rings. The van der Waals surface area contributed by atoms with E-state index in [9.17, 15) is 0 Å². The van der Waals surface area contributed by atoms with Gasteiger partial charge in [-0.2, -0.15) is 0 Å². The summed E-state index contributed by atoms with van der Waals surface area (Å²) in [5, 5.41) is 4.31. The SMILES string of the molecule is COc1ccc2c(c1)CC(Nc1ccc(Br)cc1Cl)CC2. The van der Waals surface area contributed by atoms with Crippen LogP contribution in [-0.2, 0) is 12.8 Å². The normalized spacial score (nSPS) is 17.2. The average Bonchev–Trinajstić information content (AvgIpc) is 2.49. The van der Waals surface area contributed by atoms with Crippen molar-refractivity contribution in [3.63, 3.8) is 0 Å². The predicted octanol–water partition coefficient (Wildman–Crippen LogP) is 5.08. The van der Waals surface area contributed by atoms with Gasteiger partial charge in [-0.1, -0.05) is 33.6 Å². The van der Waals surface area contributed by atoms with Crippen molar-refractivity contribution < 1.29 is 4.74 Å². The number of hydrogen-bond acceptors (Lipinski definition) is 2. The van der Waals surface area contributed by atoms with E-state index in [1.807, 2.05) is 24.3 Å². The van der Waals surface area contributed by atoms with Gasteiger partial charge in [-0.05, 0) is 60.7 Å². The van der Waals surface area contributed by atoms with Gasteiger partial charge in [-0.3, -0.25) is 0 Å². The van der Waals surface area contributed by atoms with Crippen molar-refractivity contribution in [2.45, 2.75) is 25.3 Å². The van der Waals surface area contributed by atoms with Crippen molar-refractivity contribution in [2.24, 2.45) is 0 Å². The van der Waals surface area contributed by atoms with Gasteiger partial charge in [0.15, 0.2) is 0 Å². The third-order valence-corrected chi connectivity index (χ3v) is 4.74. The van der Waals surface area contributed by atoms with Crippen LogP contribution in [0.25, 0.3) is 0 Å². The molecule has 1 N–H and O–H groups in total. The Kier molecular flexibility index (Phi) is 4.41. The quantitative estimate of drug-likeness (QED) is 0.818. The van der Waals surface area contributed by atoms with Crippen LogP contribution in [0.1, 0.15) is 17.5 Å². The van der Waals surface area contributed by atoms with Crippen LogP contribution < -0.4 is 10.1 Å². The summed E-state index contributed by atoms with van der Waals surface area (Å²) in [6.45, 7) is 0. The Bertz CT molecular complexity index is 659. The highest BCUT2D eigenvalue weighted by Gasteiger charge is 2.19. The van der Waals surface area contributed by atoms with Crippen molar-refractivity contribution in [1.82, 2.24) is 0 Å². The maximum Gasteiger partial charge on any atom is 0.119 e. The third-order valence-electron chi connectivity index (χ3n) is 3.93. The first-order valence-electron chi connectivity index (χ1n) is 7.03. The second kappa shape index (κ2) is 6.29. The minimum Gasteiger partial charge on any atom is -0.497 e. The van der Waals surface area contributed by atoms with Crippen molar-refractivity contribution in [1.29, 1.82) is 0 Å². The minimum atomic E-state index is 0.406. The first-order chi connectivity index (χ1) is 10.2. The summed E-state index contributed by atoms with van der Waals surface area (Å²) in [4.78, 5) is 0. The molecule has 1 aliphatic carbocycles. The Morgan fingerprint density at radius 3 is 2.81 bits per heavy atom. The fourth-order valence-corrected chi connectivity index (χ4v) is 3.54. The molecule has 21 heavy (non-hydrogen) atoms. The van der Waals surface area contributed by atoms with Crippen LogP contribution in [0.4, 0.5) is 5.69 Å². The number of fused-ring (bicyclic) bond motifs is 1. The monoisotopic (exact) mass is 365 g/mol. The molecule has 1 atom stereocenters. The molecule has 1 aliphatic rings. The summed E-state index contributed by atoms with van der Waals surface area (Å²) in [6, 6.07) is 12.7. The molecule has 0 aliphatic heterocycles. The molecule has 0 fully saturated rings. The van der Waals surface area contributed by atoms with Gasteiger partial charge in [0.05, 0.1) is 17.8 Å². The highest BCUT2D eigenvalue weighted by molar-refractivity contribution is 9.10. The van der Waals surface area contributed by atoms with Gasteiger partial charge >= 0.3 is 0 Å². The minimum absolute atomic E-state index is 0.406. The summed E-state index contributed by atoms with van der Waals surface area (Å²) in [5.41, 5.74) is 3.79. The topological polar surface area (TPSA) is 21.3 Å². The Hall–Kier alpha value is -1.19. The lowest BCUT2D eigenvalue weighted by Gasteiger charge is -2.27. The Morgan fingerprint density at radius 1 is 1.19 bits per heavy atom. The highest BCUT2D eigenvalue weighted by Crippen LogP contribution is 2.30. The van der Waals surface area contributed by atoms with Crippen molar-refractivity contribution in [3.8, 4) is 5.75 Å². The molecule has 0 spiro atoms. The van der Waals surface area contributed by atoms with E-state index in [0.717, 1.165) is 40.2 Å². The summed E-state index contributed by atoms with van der Waals surface area (Å²) in [6.07, 6.45) is 3.20. The number of halogens is 2. The third kappa shape index (κ3) is 3.35. The second-order valence-electron chi connectivity index (χ2n) is 5.34. The fraction of sp³-hybridized carbons (Fsp3) is 0.294. The van der Waals surface area contributed by atoms with Crippen molar-refractivity contribution in [3.05, 3.63) is 57.0 Å². The van der Waals surface area contributed by atoms with Crippen LogP contribution in [0.5, 0.6) is 5.75 Å². The molecule has 0 bridgehead atoms. The molecule has 0 aromatic heterocycles. The standard InChI is InChI=1S/C17H17BrClNO/c1-21-15-6-3-11-2-5-14(8-12(11)9-15)20-17-7-4-13(18)10-16(17)19/h3-4,6-7,9-10,14,20H,2,5,8H2,1H3. The smallest absolute Gasteiger partial charge is 0.119 e. The summed E-state index contributed by atoms with van der Waals surface area (Å²) in [5.74, 6) is 0.927. The van der Waals surface area contributed by atoms with E-state index in [1.165, 1.54) is 11.1 Å². The van der Waals surface area contributed by atoms with Gasteiger partial charge < -0.3 is 10.1 Å². The number of hydrogen-bond donors (Lipinski definition) is 1. The molecule has 3 rings (SSSR count). The molecule has 2 aromatic carbocycles. The maximum absolute atomic E-state index is 6.28. The molecule has 110 valence electrons. The van der Waals surface area contributed by atoms with E-state index in [0.29, 0.717) is 6.04 Å². The largest absolute Gasteiger partial charge is 0.497 e. The van der Waals surface area contributed by atoms with E-state index < -0.39 is 0 Å². The van der Waals surface area contributed by atoms with Crippen molar-refractivity contribution >= 4 is 33.2 Å². The second-order valence-corrected chi connectivity index (χ2v) is 6.67. The van der Waals surface area contributed by atoms with Crippen LogP contribution in [0.3, 0.4) is 0 Å². The zero-order valence-corrected chi connectivity index (χ0v) is 14.2. The zero-order chi connectivity index (χ0) is 14.8. The number of aryl methyl sites for hydroxylation is 1. The number of benzene rings is 2. The number of anilines is 1. The van der Waals surface area contributed by atoms with Crippen LogP contribution in [-0.4, -0.2) is 13.2 Å². The van der Waals surface area contributed by atoms with Gasteiger partial charge in [0.2, 0.25) is 0 Å². The van der Waals surface area contributed by atoms with E-state index in [1.54, 1.807) is 7.11 Å². The molecule has 0 saturated carbocycles. The number of rotatable bonds is 3. The van der Waals surface area contributed by atoms with E-state index >= 15 is 0 Å². The molecular weight excluding hydrogens is 350 g/mol. The van der Waals surface area contributed by atoms with Gasteiger partial charge in [0.1, 0.15) is 5.75 Å². The first kappa shape index (κ1) is 14.7. The molecule has 2 nitrogen and oxygen atoms in total. The molecular formula is C17H17BrClNO. The average molecular weight is 367 g/mol. The maximum atomic E-state index is 6.28. The summed E-state index contributed by atoms with van der Waals surface area (Å²) < 4.78 is 6.32. The van der Waals surface area contributed by atoms with Gasteiger partial charge in [-0.15, -0.1) is 0 Å². The van der Waals surface area contributed by atoms with Crippen LogP contribution >= 0.6 is 27.5 Å². The lowest BCUT2D eigenvalue weighted by molar-refractivity contribution is 0.413. The van der Waals surface area contributed by atoms with E-state index in [-0.39, 0.29) is 0 Å². The zero-order valence-electron chi connectivity index (χ0n) is 11.8. The van der Waals surface area contributed by atoms with E-state index in [2.05, 4.69) is 33.4 Å². The Balaban J connectivity index is 1.76. The van der Waals surface area contributed by atoms with Crippen LogP contribution in [0.2, 0.25) is 5.02 Å². The molecule has 0 saturated heterocycles. The van der Waals surface area contributed by atoms with Crippen LogP contribution in [0.15, 0.2) is 40.9 Å². The lowest BCUT2D eigenvalue weighted by atomic mass is 9.88. The highest BCUT2D eigenvalue weighted by atomic mass is 79.9. The molecule has 1 unspecified atom stereocenters. The molecule has 4 heteroatoms. The van der Waals surface area contributed by atoms with Crippen molar-refractivity contribution in [2.75, 3.05) is 12.4 Å². The van der Waals surface area contributed by atoms with Gasteiger partial charge in [-0.25, -0.2) is 0 Å². The Morgan fingerprint density at radius 2 is 2.05 bits per heavy atom. The fourth-order valence-electron chi connectivity index (χ4n) is 2.81. The van der Waals surface area contributed by atoms with Gasteiger partial charge in [0.25, 0.3) is 0 Å². The number of methoxy groups -OCH3 is 1. The van der Waals surface area contributed by atoms with Gasteiger partial charge in [0, 0.05) is 10.5 Å². The summed E-state index contributed by atoms with van der Waals surface area (Å²) >= 11 is 9.72. The molecule has 0 heterocycles. The first-order valence-corrected chi connectivity index (χ1v) is 8.20. The number of nitrogens with one attached hydrogen (secondary N) is 1. The predicted molar refractivity (Wildman–Crippen MR) is 91.6 cm³/mol. The number of ether oxygens (including phenoxy) is 1. The molecule has 0 amide bonds. The lowest BCUT2D eigenvalue weighted by Crippen LogP contribution is -2.27. The Labute approximate surface area is 138 Å². The van der Waals surface area contributed by atoms with E-state index in [4.69, 9.17) is 16.3 Å².